The third kappa shape index (κ3) is 2.83. The molecule has 1 aliphatic rings. The number of amidine groups is 1. The molecule has 1 aliphatic heterocycles. The Labute approximate surface area is 118 Å². The number of para-hydroxylation sites is 1. The van der Waals surface area contributed by atoms with Gasteiger partial charge < -0.3 is 5.32 Å². The third-order valence-electron chi connectivity index (χ3n) is 2.55. The van der Waals surface area contributed by atoms with Gasteiger partial charge in [0.05, 0.1) is 5.69 Å². The summed E-state index contributed by atoms with van der Waals surface area (Å²) in [7, 11) is 3.07. The van der Waals surface area contributed by atoms with E-state index in [1.165, 1.54) is 10.8 Å². The summed E-state index contributed by atoms with van der Waals surface area (Å²) >= 11 is 0. The van der Waals surface area contributed by atoms with Gasteiger partial charge in [0, 0.05) is 10.5 Å². The van der Waals surface area contributed by atoms with Crippen molar-refractivity contribution in [1.82, 2.24) is 5.32 Å². The zero-order chi connectivity index (χ0) is 13.1. The lowest BCUT2D eigenvalue weighted by atomic mass is 10.2. The van der Waals surface area contributed by atoms with E-state index in [2.05, 4.69) is 10.3 Å². The Bertz CT molecular complexity index is 641. The van der Waals surface area contributed by atoms with Crippen molar-refractivity contribution in [2.45, 2.75) is 4.90 Å². The van der Waals surface area contributed by atoms with Gasteiger partial charge in [-0.1, -0.05) is 30.3 Å². The summed E-state index contributed by atoms with van der Waals surface area (Å²) in [5.41, 5.74) is 1.53. The average molecular weight is 286 g/mol. The minimum Gasteiger partial charge on any atom is -0.300 e. The number of rotatable bonds is 1. The Morgan fingerprint density at radius 1 is 0.947 bits per heavy atom. The molecule has 0 radical (unpaired) electrons. The minimum atomic E-state index is -0.133. The molecule has 5 heteroatoms. The maximum absolute atomic E-state index is 12.0. The molecule has 0 saturated carbocycles. The first-order valence-corrected chi connectivity index (χ1v) is 7.86. The van der Waals surface area contributed by atoms with Crippen LogP contribution in [0.2, 0.25) is 0 Å². The summed E-state index contributed by atoms with van der Waals surface area (Å²) in [6, 6.07) is 17.0. The predicted molar refractivity (Wildman–Crippen MR) is 80.9 cm³/mol. The van der Waals surface area contributed by atoms with Crippen molar-refractivity contribution in [2.24, 2.45) is 4.99 Å². The SMILES string of the molecule is O=C(NC1=Nc2ccccc2SS1)c1ccccc1. The number of nitrogens with one attached hydrogen (secondary N) is 1. The molecule has 0 unspecified atom stereocenters. The molecule has 0 saturated heterocycles. The zero-order valence-corrected chi connectivity index (χ0v) is 11.5. The Morgan fingerprint density at radius 3 is 2.53 bits per heavy atom. The average Bonchev–Trinajstić information content (AvgIpc) is 2.48. The molecule has 3 nitrogen and oxygen atoms in total. The van der Waals surface area contributed by atoms with Crippen LogP contribution in [0.1, 0.15) is 10.4 Å². The van der Waals surface area contributed by atoms with Crippen molar-refractivity contribution in [2.75, 3.05) is 0 Å². The van der Waals surface area contributed by atoms with Crippen LogP contribution in [0, 0.1) is 0 Å². The first-order chi connectivity index (χ1) is 9.33. The van der Waals surface area contributed by atoms with Crippen LogP contribution in [0.5, 0.6) is 0 Å². The van der Waals surface area contributed by atoms with Gasteiger partial charge in [-0.3, -0.25) is 4.79 Å². The van der Waals surface area contributed by atoms with E-state index < -0.39 is 0 Å². The molecule has 3 rings (SSSR count). The van der Waals surface area contributed by atoms with E-state index >= 15 is 0 Å². The molecule has 0 aliphatic carbocycles. The largest absolute Gasteiger partial charge is 0.300 e. The van der Waals surface area contributed by atoms with E-state index in [1.807, 2.05) is 42.5 Å². The summed E-state index contributed by atoms with van der Waals surface area (Å²) in [5.74, 6) is -0.133. The minimum absolute atomic E-state index is 0.133. The normalized spacial score (nSPS) is 13.4. The van der Waals surface area contributed by atoms with Gasteiger partial charge in [0.2, 0.25) is 0 Å². The highest BCUT2D eigenvalue weighted by atomic mass is 33.1. The smallest absolute Gasteiger partial charge is 0.257 e. The molecule has 2 aromatic carbocycles. The summed E-state index contributed by atoms with van der Waals surface area (Å²) in [4.78, 5) is 17.6. The number of aliphatic imine (C=N–C) groups is 1. The first kappa shape index (κ1) is 12.3. The summed E-state index contributed by atoms with van der Waals surface area (Å²) in [6.07, 6.45) is 0. The number of hydrogen-bond acceptors (Lipinski definition) is 4. The van der Waals surface area contributed by atoms with E-state index in [0.29, 0.717) is 10.7 Å². The molecular formula is C14H10N2OS2. The highest BCUT2D eigenvalue weighted by Crippen LogP contribution is 2.42. The number of carbonyl (C=O) groups is 1. The number of carbonyl (C=O) groups excluding carboxylic acids is 1. The number of nitrogens with zero attached hydrogens (tertiary/aromatic N) is 1. The Morgan fingerprint density at radius 2 is 1.68 bits per heavy atom. The van der Waals surface area contributed by atoms with Crippen molar-refractivity contribution in [3.8, 4) is 0 Å². The van der Waals surface area contributed by atoms with Gasteiger partial charge in [-0.15, -0.1) is 0 Å². The second-order valence-electron chi connectivity index (χ2n) is 3.87. The standard InChI is InChI=1S/C14H10N2OS2/c17-13(10-6-2-1-3-7-10)16-14-15-11-8-4-5-9-12(11)18-19-14/h1-9H,(H,15,16,17). The molecule has 19 heavy (non-hydrogen) atoms. The lowest BCUT2D eigenvalue weighted by Crippen LogP contribution is -2.28. The van der Waals surface area contributed by atoms with Crippen molar-refractivity contribution >= 4 is 38.4 Å². The molecule has 0 aromatic heterocycles. The molecule has 1 N–H and O–H groups in total. The molecule has 0 bridgehead atoms. The van der Waals surface area contributed by atoms with Gasteiger partial charge in [0.1, 0.15) is 0 Å². The molecule has 0 spiro atoms. The Balaban J connectivity index is 1.79. The fourth-order valence-corrected chi connectivity index (χ4v) is 3.58. The number of fused-ring (bicyclic) bond motifs is 1. The molecule has 1 amide bonds. The van der Waals surface area contributed by atoms with Gasteiger partial charge in [0.25, 0.3) is 5.91 Å². The van der Waals surface area contributed by atoms with E-state index in [4.69, 9.17) is 0 Å². The van der Waals surface area contributed by atoms with Crippen LogP contribution < -0.4 is 5.32 Å². The topological polar surface area (TPSA) is 41.5 Å². The highest BCUT2D eigenvalue weighted by Gasteiger charge is 2.15. The number of hydrogen-bond donors (Lipinski definition) is 1. The monoisotopic (exact) mass is 286 g/mol. The molecule has 94 valence electrons. The molecule has 0 atom stereocenters. The maximum Gasteiger partial charge on any atom is 0.257 e. The second-order valence-corrected chi connectivity index (χ2v) is 6.03. The second kappa shape index (κ2) is 5.50. The quantitative estimate of drug-likeness (QED) is 0.809. The lowest BCUT2D eigenvalue weighted by molar-refractivity contribution is 0.0978. The summed E-state index contributed by atoms with van der Waals surface area (Å²) in [6.45, 7) is 0. The first-order valence-electron chi connectivity index (χ1n) is 5.71. The lowest BCUT2D eigenvalue weighted by Gasteiger charge is -2.14. The van der Waals surface area contributed by atoms with E-state index in [9.17, 15) is 4.79 Å². The van der Waals surface area contributed by atoms with Gasteiger partial charge in [-0.05, 0) is 45.9 Å². The summed E-state index contributed by atoms with van der Waals surface area (Å²) < 4.78 is 0. The maximum atomic E-state index is 12.0. The van der Waals surface area contributed by atoms with E-state index in [0.717, 1.165) is 10.6 Å². The van der Waals surface area contributed by atoms with Crippen molar-refractivity contribution in [1.29, 1.82) is 0 Å². The van der Waals surface area contributed by atoms with Gasteiger partial charge in [-0.2, -0.15) is 0 Å². The van der Waals surface area contributed by atoms with Crippen LogP contribution in [0.4, 0.5) is 5.69 Å². The zero-order valence-electron chi connectivity index (χ0n) is 9.87. The van der Waals surface area contributed by atoms with Crippen molar-refractivity contribution < 1.29 is 4.79 Å². The summed E-state index contributed by atoms with van der Waals surface area (Å²) in [5, 5.41) is 3.45. The van der Waals surface area contributed by atoms with E-state index in [-0.39, 0.29) is 5.91 Å². The van der Waals surface area contributed by atoms with Crippen LogP contribution in [0.3, 0.4) is 0 Å². The van der Waals surface area contributed by atoms with Crippen LogP contribution in [0.15, 0.2) is 64.5 Å². The van der Waals surface area contributed by atoms with Crippen LogP contribution in [0.25, 0.3) is 0 Å². The van der Waals surface area contributed by atoms with Gasteiger partial charge >= 0.3 is 0 Å². The molecular weight excluding hydrogens is 276 g/mol. The van der Waals surface area contributed by atoms with Crippen LogP contribution in [-0.2, 0) is 0 Å². The Kier molecular flexibility index (Phi) is 3.57. The fourth-order valence-electron chi connectivity index (χ4n) is 1.64. The Hall–Kier alpha value is -1.72. The highest BCUT2D eigenvalue weighted by molar-refractivity contribution is 8.82. The van der Waals surface area contributed by atoms with Crippen molar-refractivity contribution in [3.05, 3.63) is 60.2 Å². The van der Waals surface area contributed by atoms with Gasteiger partial charge in [-0.25, -0.2) is 4.99 Å². The predicted octanol–water partition coefficient (Wildman–Crippen LogP) is 3.86. The number of amides is 1. The van der Waals surface area contributed by atoms with Crippen LogP contribution >= 0.6 is 21.6 Å². The fraction of sp³-hybridized carbons (Fsp3) is 0. The molecule has 0 fully saturated rings. The van der Waals surface area contributed by atoms with Gasteiger partial charge in [0.15, 0.2) is 5.17 Å². The third-order valence-corrected chi connectivity index (χ3v) is 4.78. The van der Waals surface area contributed by atoms with Crippen molar-refractivity contribution in [3.63, 3.8) is 0 Å². The molecule has 1 heterocycles. The van der Waals surface area contributed by atoms with E-state index in [1.54, 1.807) is 22.9 Å². The van der Waals surface area contributed by atoms with Crippen LogP contribution in [-0.4, -0.2) is 11.1 Å². The molecule has 2 aromatic rings. The number of benzene rings is 2.